The van der Waals surface area contributed by atoms with E-state index in [1.807, 2.05) is 5.38 Å². The summed E-state index contributed by atoms with van der Waals surface area (Å²) in [4.78, 5) is 40.6. The zero-order valence-corrected chi connectivity index (χ0v) is 13.4. The summed E-state index contributed by atoms with van der Waals surface area (Å²) in [7, 11) is 0. The van der Waals surface area contributed by atoms with Crippen LogP contribution in [0.3, 0.4) is 0 Å². The maximum atomic E-state index is 12.2. The highest BCUT2D eigenvalue weighted by atomic mass is 32.1. The molecule has 0 saturated heterocycles. The quantitative estimate of drug-likeness (QED) is 0.888. The Kier molecular flexibility index (Phi) is 4.71. The van der Waals surface area contributed by atoms with Crippen LogP contribution in [0.1, 0.15) is 32.1 Å². The second kappa shape index (κ2) is 6.91. The largest absolute Gasteiger partial charge is 0.335 e. The minimum Gasteiger partial charge on any atom is -0.335 e. The van der Waals surface area contributed by atoms with Gasteiger partial charge in [-0.15, -0.1) is 11.3 Å². The lowest BCUT2D eigenvalue weighted by Gasteiger charge is -2.12. The number of fused-ring (bicyclic) bond motifs is 1. The summed E-state index contributed by atoms with van der Waals surface area (Å²) in [6.45, 7) is 0.195. The van der Waals surface area contributed by atoms with Crippen molar-refractivity contribution >= 4 is 33.5 Å². The Labute approximate surface area is 136 Å². The summed E-state index contributed by atoms with van der Waals surface area (Å²) in [5, 5.41) is 7.46. The third-order valence-electron chi connectivity index (χ3n) is 3.97. The molecule has 1 aliphatic carbocycles. The zero-order valence-electron chi connectivity index (χ0n) is 12.6. The van der Waals surface area contributed by atoms with Crippen LogP contribution in [0, 0.1) is 0 Å². The Bertz CT molecular complexity index is 776. The zero-order chi connectivity index (χ0) is 16.2. The van der Waals surface area contributed by atoms with Crippen molar-refractivity contribution in [1.82, 2.24) is 20.2 Å². The van der Waals surface area contributed by atoms with Crippen molar-refractivity contribution in [2.75, 3.05) is 0 Å². The molecule has 1 fully saturated rings. The lowest BCUT2D eigenvalue weighted by Crippen LogP contribution is -2.43. The van der Waals surface area contributed by atoms with E-state index < -0.39 is 11.9 Å². The summed E-state index contributed by atoms with van der Waals surface area (Å²) in [6, 6.07) is 1.43. The number of rotatable bonds is 4. The fraction of sp³-hybridized carbons (Fsp3) is 0.467. The molecule has 0 radical (unpaired) electrons. The number of amides is 3. The van der Waals surface area contributed by atoms with Gasteiger partial charge in [0.05, 0.1) is 11.7 Å². The first-order chi connectivity index (χ1) is 11.1. The van der Waals surface area contributed by atoms with Gasteiger partial charge in [0, 0.05) is 19.0 Å². The Morgan fingerprint density at radius 3 is 2.91 bits per heavy atom. The van der Waals surface area contributed by atoms with E-state index in [4.69, 9.17) is 0 Å². The topological polar surface area (TPSA) is 93.1 Å². The number of imide groups is 1. The number of hydrogen-bond acceptors (Lipinski definition) is 5. The Balaban J connectivity index is 1.52. The van der Waals surface area contributed by atoms with Crippen LogP contribution in [0.15, 0.2) is 22.6 Å². The summed E-state index contributed by atoms with van der Waals surface area (Å²) in [5.74, 6) is -0.405. The summed E-state index contributed by atoms with van der Waals surface area (Å²) < 4.78 is 1.39. The minimum atomic E-state index is -0.458. The predicted octanol–water partition coefficient (Wildman–Crippen LogP) is 1.62. The van der Waals surface area contributed by atoms with Crippen LogP contribution in [-0.2, 0) is 11.3 Å². The highest BCUT2D eigenvalue weighted by Crippen LogP contribution is 2.17. The van der Waals surface area contributed by atoms with Crippen molar-refractivity contribution in [3.05, 3.63) is 28.1 Å². The van der Waals surface area contributed by atoms with Gasteiger partial charge in [-0.25, -0.2) is 9.78 Å². The molecule has 2 aromatic heterocycles. The van der Waals surface area contributed by atoms with Gasteiger partial charge in [-0.05, 0) is 24.3 Å². The molecule has 1 aliphatic rings. The van der Waals surface area contributed by atoms with E-state index in [-0.39, 0.29) is 24.6 Å². The SMILES string of the molecule is O=C(CCn1cnc2sccc2c1=O)NC(=O)NC1CCCC1. The fourth-order valence-electron chi connectivity index (χ4n) is 2.76. The summed E-state index contributed by atoms with van der Waals surface area (Å²) in [6.07, 6.45) is 5.63. The molecule has 2 N–H and O–H groups in total. The van der Waals surface area contributed by atoms with Crippen molar-refractivity contribution in [2.45, 2.75) is 44.7 Å². The normalized spacial score (nSPS) is 15.0. The summed E-state index contributed by atoms with van der Waals surface area (Å²) in [5.41, 5.74) is -0.167. The number of carbonyl (C=O) groups is 2. The Hall–Kier alpha value is -2.22. The molecule has 122 valence electrons. The number of hydrogen-bond donors (Lipinski definition) is 2. The van der Waals surface area contributed by atoms with Crippen molar-refractivity contribution in [3.8, 4) is 0 Å². The van der Waals surface area contributed by atoms with Gasteiger partial charge in [0.25, 0.3) is 5.56 Å². The first kappa shape index (κ1) is 15.7. The number of nitrogens with one attached hydrogen (secondary N) is 2. The van der Waals surface area contributed by atoms with Crippen LogP contribution in [0.4, 0.5) is 4.79 Å². The molecule has 0 aliphatic heterocycles. The maximum Gasteiger partial charge on any atom is 0.321 e. The molecule has 0 aromatic carbocycles. The van der Waals surface area contributed by atoms with Crippen molar-refractivity contribution in [3.63, 3.8) is 0 Å². The average Bonchev–Trinajstić information content (AvgIpc) is 3.17. The molecule has 3 rings (SSSR count). The highest BCUT2D eigenvalue weighted by molar-refractivity contribution is 7.16. The molecule has 0 atom stereocenters. The molecule has 3 amide bonds. The number of aromatic nitrogens is 2. The molecular weight excluding hydrogens is 316 g/mol. The smallest absolute Gasteiger partial charge is 0.321 e. The lowest BCUT2D eigenvalue weighted by atomic mass is 10.2. The molecule has 8 heteroatoms. The van der Waals surface area contributed by atoms with Gasteiger partial charge in [0.15, 0.2) is 0 Å². The van der Waals surface area contributed by atoms with Crippen LogP contribution >= 0.6 is 11.3 Å². The van der Waals surface area contributed by atoms with Crippen LogP contribution in [0.25, 0.3) is 10.2 Å². The second-order valence-corrected chi connectivity index (χ2v) is 6.53. The Morgan fingerprint density at radius 1 is 1.35 bits per heavy atom. The van der Waals surface area contributed by atoms with Gasteiger partial charge in [-0.1, -0.05) is 12.8 Å². The highest BCUT2D eigenvalue weighted by Gasteiger charge is 2.18. The Morgan fingerprint density at radius 2 is 2.13 bits per heavy atom. The molecule has 23 heavy (non-hydrogen) atoms. The van der Waals surface area contributed by atoms with Gasteiger partial charge in [0.2, 0.25) is 5.91 Å². The van der Waals surface area contributed by atoms with Crippen molar-refractivity contribution in [1.29, 1.82) is 0 Å². The maximum absolute atomic E-state index is 12.2. The van der Waals surface area contributed by atoms with Crippen molar-refractivity contribution in [2.24, 2.45) is 0 Å². The average molecular weight is 334 g/mol. The standard InChI is InChI=1S/C15H18N4O3S/c20-12(18-15(22)17-10-3-1-2-4-10)5-7-19-9-16-13-11(14(19)21)6-8-23-13/h6,8-10H,1-5,7H2,(H2,17,18,20,22). The first-order valence-electron chi connectivity index (χ1n) is 7.66. The third-order valence-corrected chi connectivity index (χ3v) is 4.79. The van der Waals surface area contributed by atoms with Crippen LogP contribution in [0.2, 0.25) is 0 Å². The van der Waals surface area contributed by atoms with E-state index in [0.29, 0.717) is 10.2 Å². The molecule has 2 aromatic rings. The monoisotopic (exact) mass is 334 g/mol. The number of urea groups is 1. The molecule has 0 unspecified atom stereocenters. The van der Waals surface area contributed by atoms with Crippen LogP contribution in [0.5, 0.6) is 0 Å². The second-order valence-electron chi connectivity index (χ2n) is 5.64. The van der Waals surface area contributed by atoms with Crippen molar-refractivity contribution < 1.29 is 9.59 Å². The molecule has 1 saturated carbocycles. The van der Waals surface area contributed by atoms with Gasteiger partial charge >= 0.3 is 6.03 Å². The lowest BCUT2D eigenvalue weighted by molar-refractivity contribution is -0.120. The van der Waals surface area contributed by atoms with E-state index in [1.165, 1.54) is 22.2 Å². The fourth-order valence-corrected chi connectivity index (χ4v) is 3.48. The number of carbonyl (C=O) groups excluding carboxylic acids is 2. The number of aryl methyl sites for hydroxylation is 1. The van der Waals surface area contributed by atoms with Gasteiger partial charge in [-0.3, -0.25) is 19.5 Å². The summed E-state index contributed by atoms with van der Waals surface area (Å²) >= 11 is 1.40. The van der Waals surface area contributed by atoms with Gasteiger partial charge in [-0.2, -0.15) is 0 Å². The van der Waals surface area contributed by atoms with E-state index >= 15 is 0 Å². The third kappa shape index (κ3) is 3.76. The molecular formula is C15H18N4O3S. The van der Waals surface area contributed by atoms with Gasteiger partial charge in [0.1, 0.15) is 4.83 Å². The first-order valence-corrected chi connectivity index (χ1v) is 8.54. The van der Waals surface area contributed by atoms with Crippen LogP contribution in [-0.4, -0.2) is 27.5 Å². The number of thiophene rings is 1. The van der Waals surface area contributed by atoms with Gasteiger partial charge < -0.3 is 5.32 Å². The molecule has 2 heterocycles. The van der Waals surface area contributed by atoms with E-state index in [0.717, 1.165) is 25.7 Å². The minimum absolute atomic E-state index is 0.0509. The predicted molar refractivity (Wildman–Crippen MR) is 87.4 cm³/mol. The molecule has 7 nitrogen and oxygen atoms in total. The molecule has 0 spiro atoms. The number of nitrogens with zero attached hydrogens (tertiary/aromatic N) is 2. The molecule has 0 bridgehead atoms. The van der Waals surface area contributed by atoms with E-state index in [1.54, 1.807) is 6.07 Å². The van der Waals surface area contributed by atoms with E-state index in [2.05, 4.69) is 15.6 Å². The van der Waals surface area contributed by atoms with Crippen LogP contribution < -0.4 is 16.2 Å². The van der Waals surface area contributed by atoms with E-state index in [9.17, 15) is 14.4 Å².